The van der Waals surface area contributed by atoms with Gasteiger partial charge in [0.25, 0.3) is 0 Å². The molecule has 0 N–H and O–H groups in total. The molecular formula is C19H11N3O. The molecule has 2 aromatic carbocycles. The highest BCUT2D eigenvalue weighted by molar-refractivity contribution is 6.03. The summed E-state index contributed by atoms with van der Waals surface area (Å²) in [5, 5.41) is 3.05. The number of furan rings is 1. The van der Waals surface area contributed by atoms with Gasteiger partial charge in [-0.25, -0.2) is 9.97 Å². The van der Waals surface area contributed by atoms with Crippen molar-refractivity contribution in [2.75, 3.05) is 0 Å². The van der Waals surface area contributed by atoms with Crippen LogP contribution in [0.2, 0.25) is 0 Å². The summed E-state index contributed by atoms with van der Waals surface area (Å²) in [6.07, 6.45) is 1.81. The predicted molar refractivity (Wildman–Crippen MR) is 90.0 cm³/mol. The van der Waals surface area contributed by atoms with Gasteiger partial charge in [-0.1, -0.05) is 42.5 Å². The van der Waals surface area contributed by atoms with Crippen molar-refractivity contribution in [3.63, 3.8) is 0 Å². The largest absolute Gasteiger partial charge is 0.438 e. The molecule has 4 nitrogen and oxygen atoms in total. The summed E-state index contributed by atoms with van der Waals surface area (Å²) in [6, 6.07) is 19.8. The maximum atomic E-state index is 5.82. The van der Waals surface area contributed by atoms with E-state index in [-0.39, 0.29) is 0 Å². The topological polar surface area (TPSA) is 51.8 Å². The van der Waals surface area contributed by atoms with Crippen molar-refractivity contribution in [2.24, 2.45) is 0 Å². The average Bonchev–Trinajstić information content (AvgIpc) is 2.99. The molecule has 4 heteroatoms. The summed E-state index contributed by atoms with van der Waals surface area (Å²) >= 11 is 0. The van der Waals surface area contributed by atoms with E-state index in [0.29, 0.717) is 11.5 Å². The number of hydrogen-bond acceptors (Lipinski definition) is 4. The highest BCUT2D eigenvalue weighted by atomic mass is 16.3. The molecular weight excluding hydrogens is 286 g/mol. The molecule has 0 aliphatic heterocycles. The fourth-order valence-electron chi connectivity index (χ4n) is 2.83. The number of nitrogens with zero attached hydrogens (tertiary/aromatic N) is 3. The third-order valence-corrected chi connectivity index (χ3v) is 3.97. The van der Waals surface area contributed by atoms with Gasteiger partial charge in [0.05, 0.1) is 10.9 Å². The second-order valence-electron chi connectivity index (χ2n) is 5.40. The predicted octanol–water partition coefficient (Wildman–Crippen LogP) is 4.59. The van der Waals surface area contributed by atoms with Gasteiger partial charge in [0.2, 0.25) is 5.71 Å². The molecule has 23 heavy (non-hydrogen) atoms. The Morgan fingerprint density at radius 3 is 2.61 bits per heavy atom. The first kappa shape index (κ1) is 12.3. The van der Waals surface area contributed by atoms with Gasteiger partial charge in [0.1, 0.15) is 11.3 Å². The van der Waals surface area contributed by atoms with Crippen LogP contribution < -0.4 is 0 Å². The zero-order valence-electron chi connectivity index (χ0n) is 12.1. The van der Waals surface area contributed by atoms with Crippen LogP contribution in [-0.2, 0) is 0 Å². The van der Waals surface area contributed by atoms with Gasteiger partial charge in [-0.2, -0.15) is 4.98 Å². The van der Waals surface area contributed by atoms with E-state index >= 15 is 0 Å². The van der Waals surface area contributed by atoms with Crippen LogP contribution in [0.3, 0.4) is 0 Å². The van der Waals surface area contributed by atoms with Gasteiger partial charge >= 0.3 is 0 Å². The molecule has 0 unspecified atom stereocenters. The quantitative estimate of drug-likeness (QED) is 0.454. The van der Waals surface area contributed by atoms with Crippen LogP contribution in [0.4, 0.5) is 0 Å². The summed E-state index contributed by atoms with van der Waals surface area (Å²) in [5.41, 5.74) is 3.08. The Balaban J connectivity index is 1.73. The van der Waals surface area contributed by atoms with E-state index in [9.17, 15) is 0 Å². The van der Waals surface area contributed by atoms with Gasteiger partial charge in [-0.15, -0.1) is 0 Å². The maximum Gasteiger partial charge on any atom is 0.230 e. The smallest absolute Gasteiger partial charge is 0.230 e. The fourth-order valence-corrected chi connectivity index (χ4v) is 2.83. The van der Waals surface area contributed by atoms with Crippen molar-refractivity contribution in [3.05, 3.63) is 66.9 Å². The highest BCUT2D eigenvalue weighted by Crippen LogP contribution is 2.28. The van der Waals surface area contributed by atoms with E-state index in [2.05, 4.69) is 15.0 Å². The lowest BCUT2D eigenvalue weighted by molar-refractivity contribution is 0.653. The molecule has 0 radical (unpaired) electrons. The molecule has 0 bridgehead atoms. The molecule has 3 aromatic heterocycles. The number of fused-ring (bicyclic) bond motifs is 4. The first-order valence-electron chi connectivity index (χ1n) is 7.39. The SMILES string of the molecule is c1ccc2nc(-c3ncc4c(n3)oc3ccccc34)ccc2c1. The number of pyridine rings is 1. The zero-order valence-corrected chi connectivity index (χ0v) is 12.1. The lowest BCUT2D eigenvalue weighted by Crippen LogP contribution is -1.91. The lowest BCUT2D eigenvalue weighted by Gasteiger charge is -2.01. The summed E-state index contributed by atoms with van der Waals surface area (Å²) < 4.78 is 5.82. The van der Waals surface area contributed by atoms with Gasteiger partial charge < -0.3 is 4.42 Å². The van der Waals surface area contributed by atoms with Crippen molar-refractivity contribution in [3.8, 4) is 11.5 Å². The number of para-hydroxylation sites is 2. The number of aromatic nitrogens is 3. The second-order valence-corrected chi connectivity index (χ2v) is 5.40. The van der Waals surface area contributed by atoms with E-state index in [4.69, 9.17) is 4.42 Å². The van der Waals surface area contributed by atoms with Crippen LogP contribution in [0.15, 0.2) is 71.3 Å². The molecule has 0 saturated carbocycles. The zero-order chi connectivity index (χ0) is 15.2. The second kappa shape index (κ2) is 4.61. The van der Waals surface area contributed by atoms with Gasteiger partial charge in [0.15, 0.2) is 5.82 Å². The summed E-state index contributed by atoms with van der Waals surface area (Å²) in [5.74, 6) is 0.572. The molecule has 0 atom stereocenters. The van der Waals surface area contributed by atoms with E-state index in [1.807, 2.05) is 60.7 Å². The van der Waals surface area contributed by atoms with Crippen molar-refractivity contribution in [2.45, 2.75) is 0 Å². The van der Waals surface area contributed by atoms with Crippen molar-refractivity contribution in [1.29, 1.82) is 0 Å². The van der Waals surface area contributed by atoms with Crippen LogP contribution in [0.1, 0.15) is 0 Å². The molecule has 0 fully saturated rings. The molecule has 108 valence electrons. The van der Waals surface area contributed by atoms with E-state index in [1.165, 1.54) is 0 Å². The van der Waals surface area contributed by atoms with E-state index in [1.54, 1.807) is 6.20 Å². The lowest BCUT2D eigenvalue weighted by atomic mass is 10.2. The molecule has 5 aromatic rings. The molecule has 0 aliphatic carbocycles. The van der Waals surface area contributed by atoms with Crippen molar-refractivity contribution >= 4 is 33.0 Å². The minimum Gasteiger partial charge on any atom is -0.438 e. The van der Waals surface area contributed by atoms with Crippen LogP contribution in [0, 0.1) is 0 Å². The Hall–Kier alpha value is -3.27. The Bertz CT molecular complexity index is 1180. The van der Waals surface area contributed by atoms with Crippen LogP contribution in [-0.4, -0.2) is 15.0 Å². The molecule has 0 saturated heterocycles. The number of rotatable bonds is 1. The number of hydrogen-bond donors (Lipinski definition) is 0. The first-order valence-corrected chi connectivity index (χ1v) is 7.39. The van der Waals surface area contributed by atoms with Crippen LogP contribution in [0.5, 0.6) is 0 Å². The third kappa shape index (κ3) is 1.89. The standard InChI is InChI=1S/C19H11N3O/c1-3-7-15-12(5-1)9-10-16(21-15)18-20-11-14-13-6-2-4-8-17(13)23-19(14)22-18/h1-11H. The average molecular weight is 297 g/mol. The molecule has 5 rings (SSSR count). The van der Waals surface area contributed by atoms with Crippen molar-refractivity contribution < 1.29 is 4.42 Å². The molecule has 0 spiro atoms. The Labute approximate surface area is 131 Å². The van der Waals surface area contributed by atoms with Gasteiger partial charge in [-0.05, 0) is 18.2 Å². The maximum absolute atomic E-state index is 5.82. The monoisotopic (exact) mass is 297 g/mol. The van der Waals surface area contributed by atoms with Gasteiger partial charge in [-0.3, -0.25) is 0 Å². The Morgan fingerprint density at radius 2 is 1.61 bits per heavy atom. The minimum absolute atomic E-state index is 0.572. The third-order valence-electron chi connectivity index (χ3n) is 3.97. The summed E-state index contributed by atoms with van der Waals surface area (Å²) in [7, 11) is 0. The van der Waals surface area contributed by atoms with E-state index < -0.39 is 0 Å². The Morgan fingerprint density at radius 1 is 0.739 bits per heavy atom. The summed E-state index contributed by atoms with van der Waals surface area (Å²) in [4.78, 5) is 13.7. The van der Waals surface area contributed by atoms with Crippen LogP contribution in [0.25, 0.3) is 44.5 Å². The molecule has 0 amide bonds. The molecule has 0 aliphatic rings. The highest BCUT2D eigenvalue weighted by Gasteiger charge is 2.11. The first-order chi connectivity index (χ1) is 11.4. The summed E-state index contributed by atoms with van der Waals surface area (Å²) in [6.45, 7) is 0. The van der Waals surface area contributed by atoms with Crippen molar-refractivity contribution in [1.82, 2.24) is 15.0 Å². The normalized spacial score (nSPS) is 11.5. The minimum atomic E-state index is 0.572. The van der Waals surface area contributed by atoms with E-state index in [0.717, 1.165) is 33.0 Å². The molecule has 3 heterocycles. The van der Waals surface area contributed by atoms with Gasteiger partial charge in [0, 0.05) is 17.0 Å². The number of benzene rings is 2. The van der Waals surface area contributed by atoms with Crippen LogP contribution >= 0.6 is 0 Å². The fraction of sp³-hybridized carbons (Fsp3) is 0. The Kier molecular flexibility index (Phi) is 2.46.